The van der Waals surface area contributed by atoms with E-state index in [0.717, 1.165) is 42.3 Å². The minimum Gasteiger partial charge on any atom is -0.459 e. The molecule has 3 aliphatic rings. The number of fused-ring (bicyclic) bond motifs is 1. The Hall–Kier alpha value is -3.07. The monoisotopic (exact) mass is 508 g/mol. The first-order valence-corrected chi connectivity index (χ1v) is 13.1. The molecule has 2 atom stereocenters. The first kappa shape index (κ1) is 25.6. The van der Waals surface area contributed by atoms with Crippen LogP contribution in [0.5, 0.6) is 11.5 Å². The molecule has 3 heterocycles. The van der Waals surface area contributed by atoms with E-state index >= 15 is 0 Å². The lowest BCUT2D eigenvalue weighted by molar-refractivity contribution is -0.160. The normalized spacial score (nSPS) is 21.6. The van der Waals surface area contributed by atoms with E-state index in [1.807, 2.05) is 47.4 Å². The van der Waals surface area contributed by atoms with E-state index in [9.17, 15) is 9.90 Å². The van der Waals surface area contributed by atoms with Crippen LogP contribution in [0.4, 0.5) is 0 Å². The fourth-order valence-corrected chi connectivity index (χ4v) is 4.89. The predicted molar refractivity (Wildman–Crippen MR) is 137 cm³/mol. The summed E-state index contributed by atoms with van der Waals surface area (Å²) in [6.45, 7) is 8.71. The van der Waals surface area contributed by atoms with Gasteiger partial charge < -0.3 is 29.0 Å². The summed E-state index contributed by atoms with van der Waals surface area (Å²) in [5, 5.41) is 9.24. The zero-order valence-corrected chi connectivity index (χ0v) is 21.6. The van der Waals surface area contributed by atoms with Gasteiger partial charge in [0.25, 0.3) is 5.91 Å². The number of nitrogens with zero attached hydrogens (tertiary/aromatic N) is 2. The quantitative estimate of drug-likeness (QED) is 0.583. The average molecular weight is 509 g/mol. The number of allylic oxidation sites excluding steroid dienone is 1. The minimum atomic E-state index is -0.471. The number of carbonyl (C=O) groups is 1. The summed E-state index contributed by atoms with van der Waals surface area (Å²) in [6, 6.07) is 13.7. The van der Waals surface area contributed by atoms with Gasteiger partial charge in [-0.05, 0) is 46.7 Å². The predicted octanol–water partition coefficient (Wildman–Crippen LogP) is 3.67. The van der Waals surface area contributed by atoms with Gasteiger partial charge >= 0.3 is 0 Å². The highest BCUT2D eigenvalue weighted by Crippen LogP contribution is 2.33. The van der Waals surface area contributed by atoms with Crippen molar-refractivity contribution in [3.05, 3.63) is 71.0 Å². The summed E-state index contributed by atoms with van der Waals surface area (Å²) < 4.78 is 23.1. The van der Waals surface area contributed by atoms with Crippen LogP contribution in [0.1, 0.15) is 37.0 Å². The molecule has 8 heteroatoms. The van der Waals surface area contributed by atoms with Crippen molar-refractivity contribution in [3.63, 3.8) is 0 Å². The second-order valence-corrected chi connectivity index (χ2v) is 10.3. The van der Waals surface area contributed by atoms with Crippen LogP contribution in [-0.2, 0) is 34.0 Å². The summed E-state index contributed by atoms with van der Waals surface area (Å²) >= 11 is 0. The molecule has 1 saturated heterocycles. The van der Waals surface area contributed by atoms with Gasteiger partial charge in [0, 0.05) is 39.1 Å². The maximum atomic E-state index is 13.4. The number of aliphatic hydroxyl groups is 1. The second kappa shape index (κ2) is 11.5. The van der Waals surface area contributed by atoms with Crippen molar-refractivity contribution in [1.82, 2.24) is 9.80 Å². The Morgan fingerprint density at radius 1 is 1.00 bits per heavy atom. The average Bonchev–Trinajstić information content (AvgIpc) is 3.40. The van der Waals surface area contributed by atoms with Crippen molar-refractivity contribution < 1.29 is 28.8 Å². The van der Waals surface area contributed by atoms with E-state index < -0.39 is 6.29 Å². The highest BCUT2D eigenvalue weighted by atomic mass is 16.7. The number of carbonyl (C=O) groups excluding carboxylic acids is 1. The van der Waals surface area contributed by atoms with E-state index in [-0.39, 0.29) is 25.2 Å². The van der Waals surface area contributed by atoms with Gasteiger partial charge in [0.1, 0.15) is 0 Å². The molecule has 1 N–H and O–H groups in total. The van der Waals surface area contributed by atoms with Crippen LogP contribution in [0.3, 0.4) is 0 Å². The minimum absolute atomic E-state index is 0.0197. The molecule has 3 aliphatic heterocycles. The van der Waals surface area contributed by atoms with E-state index in [0.29, 0.717) is 37.8 Å². The van der Waals surface area contributed by atoms with Crippen molar-refractivity contribution in [3.8, 4) is 11.5 Å². The van der Waals surface area contributed by atoms with Crippen LogP contribution in [0.15, 0.2) is 54.3 Å². The fraction of sp³-hybridized carbons (Fsp3) is 0.483. The topological polar surface area (TPSA) is 80.7 Å². The molecule has 0 aromatic heterocycles. The molecule has 0 aliphatic carbocycles. The van der Waals surface area contributed by atoms with Gasteiger partial charge in [-0.15, -0.1) is 0 Å². The molecule has 0 spiro atoms. The van der Waals surface area contributed by atoms with Gasteiger partial charge in [-0.1, -0.05) is 44.2 Å². The number of benzene rings is 2. The zero-order valence-electron chi connectivity index (χ0n) is 21.6. The molecule has 5 rings (SSSR count). The second-order valence-electron chi connectivity index (χ2n) is 10.3. The smallest absolute Gasteiger partial charge is 0.288 e. The van der Waals surface area contributed by atoms with Gasteiger partial charge in [0.05, 0.1) is 13.2 Å². The Kier molecular flexibility index (Phi) is 7.98. The van der Waals surface area contributed by atoms with Crippen molar-refractivity contribution in [1.29, 1.82) is 0 Å². The standard InChI is InChI=1S/C29H36N2O6/c1-20(2)24-14-27(37-28(15-24)34-18-22-5-3-21(17-32)4-6-22)29(33)31-11-9-30(10-12-31)16-23-7-8-25-26(13-23)36-19-35-25/h3-8,13-14,20,24,28,32H,9-12,15-19H2,1-2H3/t24-,28+/m1/s1. The SMILES string of the molecule is CC(C)[C@@H]1C=C(C(=O)N2CCN(Cc3ccc4c(c3)OCO4)CC2)O[C@H](OCc2ccc(CO)cc2)C1. The van der Waals surface area contributed by atoms with Gasteiger partial charge in [0.15, 0.2) is 17.3 Å². The summed E-state index contributed by atoms with van der Waals surface area (Å²) in [5.41, 5.74) is 3.04. The van der Waals surface area contributed by atoms with Crippen molar-refractivity contribution in [2.24, 2.45) is 11.8 Å². The molecular formula is C29H36N2O6. The number of ether oxygens (including phenoxy) is 4. The van der Waals surface area contributed by atoms with Gasteiger partial charge in [-0.3, -0.25) is 9.69 Å². The molecule has 0 radical (unpaired) electrons. The van der Waals surface area contributed by atoms with Crippen LogP contribution in [0, 0.1) is 11.8 Å². The lowest BCUT2D eigenvalue weighted by Crippen LogP contribution is -2.49. The fourth-order valence-electron chi connectivity index (χ4n) is 4.89. The molecule has 37 heavy (non-hydrogen) atoms. The number of piperazine rings is 1. The van der Waals surface area contributed by atoms with Crippen LogP contribution < -0.4 is 9.47 Å². The Morgan fingerprint density at radius 2 is 1.70 bits per heavy atom. The van der Waals surface area contributed by atoms with E-state index in [4.69, 9.17) is 18.9 Å². The van der Waals surface area contributed by atoms with E-state index in [2.05, 4.69) is 24.8 Å². The molecule has 0 unspecified atom stereocenters. The Morgan fingerprint density at radius 3 is 2.43 bits per heavy atom. The largest absolute Gasteiger partial charge is 0.459 e. The number of hydrogen-bond acceptors (Lipinski definition) is 7. The zero-order chi connectivity index (χ0) is 25.8. The molecular weight excluding hydrogens is 472 g/mol. The molecule has 0 bridgehead atoms. The third kappa shape index (κ3) is 6.26. The number of amides is 1. The molecule has 2 aromatic rings. The maximum absolute atomic E-state index is 13.4. The summed E-state index contributed by atoms with van der Waals surface area (Å²) in [6.07, 6.45) is 2.23. The molecule has 1 amide bonds. The maximum Gasteiger partial charge on any atom is 0.288 e. The van der Waals surface area contributed by atoms with Crippen molar-refractivity contribution in [2.45, 2.75) is 46.3 Å². The van der Waals surface area contributed by atoms with Crippen molar-refractivity contribution in [2.75, 3.05) is 33.0 Å². The van der Waals surface area contributed by atoms with Gasteiger partial charge in [-0.2, -0.15) is 0 Å². The molecule has 8 nitrogen and oxygen atoms in total. The molecule has 2 aromatic carbocycles. The highest BCUT2D eigenvalue weighted by Gasteiger charge is 2.32. The first-order valence-electron chi connectivity index (χ1n) is 13.1. The Bertz CT molecular complexity index is 1110. The van der Waals surface area contributed by atoms with E-state index in [1.165, 1.54) is 5.56 Å². The number of hydrogen-bond donors (Lipinski definition) is 1. The summed E-state index contributed by atoms with van der Waals surface area (Å²) in [7, 11) is 0. The Balaban J connectivity index is 1.15. The third-order valence-corrected chi connectivity index (χ3v) is 7.30. The lowest BCUT2D eigenvalue weighted by atomic mass is 9.90. The lowest BCUT2D eigenvalue weighted by Gasteiger charge is -2.37. The van der Waals surface area contributed by atoms with Crippen LogP contribution >= 0.6 is 0 Å². The summed E-state index contributed by atoms with van der Waals surface area (Å²) in [5.74, 6) is 2.51. The number of rotatable bonds is 8. The molecule has 198 valence electrons. The summed E-state index contributed by atoms with van der Waals surface area (Å²) in [4.78, 5) is 17.6. The molecule has 1 fully saturated rings. The van der Waals surface area contributed by atoms with Crippen LogP contribution in [0.25, 0.3) is 0 Å². The van der Waals surface area contributed by atoms with E-state index in [1.54, 1.807) is 0 Å². The third-order valence-electron chi connectivity index (χ3n) is 7.30. The van der Waals surface area contributed by atoms with Gasteiger partial charge in [-0.25, -0.2) is 0 Å². The highest BCUT2D eigenvalue weighted by molar-refractivity contribution is 5.91. The van der Waals surface area contributed by atoms with Crippen molar-refractivity contribution >= 4 is 5.91 Å². The van der Waals surface area contributed by atoms with Crippen LogP contribution in [0.2, 0.25) is 0 Å². The van der Waals surface area contributed by atoms with Crippen LogP contribution in [-0.4, -0.2) is 60.1 Å². The Labute approximate surface area is 218 Å². The number of aliphatic hydroxyl groups excluding tert-OH is 1. The first-order chi connectivity index (χ1) is 18.0. The molecule has 0 saturated carbocycles. The van der Waals surface area contributed by atoms with Gasteiger partial charge in [0.2, 0.25) is 13.1 Å².